The Morgan fingerprint density at radius 1 is 1.56 bits per heavy atom. The van der Waals surface area contributed by atoms with Crippen molar-refractivity contribution in [3.05, 3.63) is 12.3 Å². The first-order chi connectivity index (χ1) is 4.20. The summed E-state index contributed by atoms with van der Waals surface area (Å²) in [5, 5.41) is 1.06. The second-order valence-corrected chi connectivity index (χ2v) is 1.81. The molecule has 9 heavy (non-hydrogen) atoms. The minimum absolute atomic E-state index is 0.238. The molecule has 48 valence electrons. The maximum Gasteiger partial charge on any atom is 0.427 e. The van der Waals surface area contributed by atoms with E-state index in [0.717, 1.165) is 5.32 Å². The first kappa shape index (κ1) is 5.97. The molecular weight excluding hydrogens is 120 g/mol. The molecule has 0 bridgehead atoms. The molecule has 1 rings (SSSR count). The summed E-state index contributed by atoms with van der Waals surface area (Å²) >= 11 is 0. The van der Waals surface area contributed by atoms with Gasteiger partial charge in [0.15, 0.2) is 0 Å². The number of rotatable bonds is 0. The van der Waals surface area contributed by atoms with E-state index in [4.69, 9.17) is 0 Å². The lowest BCUT2D eigenvalue weighted by molar-refractivity contribution is -0.473. The number of hydrogen-bond donors (Lipinski definition) is 1. The molecule has 0 aromatic rings. The second kappa shape index (κ2) is 1.99. The number of primary amides is 2. The van der Waals surface area contributed by atoms with Gasteiger partial charge in [0, 0.05) is 13.2 Å². The van der Waals surface area contributed by atoms with Crippen LogP contribution < -0.4 is 5.32 Å². The van der Waals surface area contributed by atoms with Gasteiger partial charge in [-0.25, -0.2) is 9.59 Å². The number of amides is 3. The average Bonchev–Trinajstić information content (AvgIpc) is 1.80. The Morgan fingerprint density at radius 2 is 2.22 bits per heavy atom. The fourth-order valence-corrected chi connectivity index (χ4v) is 0.530. The Labute approximate surface area is 52.1 Å². The van der Waals surface area contributed by atoms with Crippen molar-refractivity contribution in [1.29, 1.82) is 0 Å². The maximum atomic E-state index is 10.6. The highest BCUT2D eigenvalue weighted by atomic mass is 16.2. The van der Waals surface area contributed by atoms with Gasteiger partial charge in [-0.2, -0.15) is 5.32 Å². The monoisotopic (exact) mass is 127 g/mol. The van der Waals surface area contributed by atoms with Gasteiger partial charge in [0.2, 0.25) is 0 Å². The fourth-order valence-electron chi connectivity index (χ4n) is 0.530. The molecule has 1 aliphatic rings. The molecule has 0 fully saturated rings. The Balaban J connectivity index is 2.76. The van der Waals surface area contributed by atoms with Crippen molar-refractivity contribution in [2.24, 2.45) is 0 Å². The molecule has 0 aromatic carbocycles. The highest BCUT2D eigenvalue weighted by Gasteiger charge is 2.18. The topological polar surface area (TPSA) is 54.0 Å². The first-order valence-electron chi connectivity index (χ1n) is 2.54. The standard InChI is InChI=1S/C5H6N2O2/c1-7-3-2-4(8)6-5(7)9/h2-3H,1H3,(H,6,8,9)/p+1. The van der Waals surface area contributed by atoms with Crippen LogP contribution in [0.5, 0.6) is 0 Å². The van der Waals surface area contributed by atoms with Gasteiger partial charge in [-0.05, 0) is 0 Å². The SMILES string of the molecule is CN1C=CC(=O)[NH2+]C1=O. The number of hydrogen-bond acceptors (Lipinski definition) is 2. The summed E-state index contributed by atoms with van der Waals surface area (Å²) in [6, 6.07) is -0.262. The first-order valence-corrected chi connectivity index (χ1v) is 2.54. The van der Waals surface area contributed by atoms with Gasteiger partial charge >= 0.3 is 11.9 Å². The van der Waals surface area contributed by atoms with Gasteiger partial charge in [0.05, 0.1) is 6.08 Å². The smallest absolute Gasteiger partial charge is 0.271 e. The van der Waals surface area contributed by atoms with Crippen LogP contribution in [-0.4, -0.2) is 23.9 Å². The van der Waals surface area contributed by atoms with Gasteiger partial charge in [-0.3, -0.25) is 4.90 Å². The van der Waals surface area contributed by atoms with E-state index in [0.29, 0.717) is 0 Å². The van der Waals surface area contributed by atoms with E-state index in [-0.39, 0.29) is 11.9 Å². The second-order valence-electron chi connectivity index (χ2n) is 1.81. The predicted octanol–water partition coefficient (Wildman–Crippen LogP) is -1.34. The number of imide groups is 1. The zero-order valence-electron chi connectivity index (χ0n) is 5.00. The summed E-state index contributed by atoms with van der Waals surface area (Å²) in [5.41, 5.74) is 0. The van der Waals surface area contributed by atoms with Crippen LogP contribution in [0.3, 0.4) is 0 Å². The molecule has 3 amide bonds. The summed E-state index contributed by atoms with van der Waals surface area (Å²) < 4.78 is 0. The minimum atomic E-state index is -0.262. The quantitative estimate of drug-likeness (QED) is 0.437. The van der Waals surface area contributed by atoms with Gasteiger partial charge in [0.1, 0.15) is 0 Å². The van der Waals surface area contributed by atoms with E-state index >= 15 is 0 Å². The van der Waals surface area contributed by atoms with E-state index < -0.39 is 0 Å². The lowest BCUT2D eigenvalue weighted by Crippen LogP contribution is -2.94. The van der Waals surface area contributed by atoms with Crippen molar-refractivity contribution in [1.82, 2.24) is 4.90 Å². The van der Waals surface area contributed by atoms with Crippen molar-refractivity contribution in [2.45, 2.75) is 0 Å². The molecule has 1 heterocycles. The van der Waals surface area contributed by atoms with Crippen LogP contribution in [0.2, 0.25) is 0 Å². The van der Waals surface area contributed by atoms with Crippen LogP contribution >= 0.6 is 0 Å². The molecule has 0 spiro atoms. The summed E-state index contributed by atoms with van der Waals surface area (Å²) in [4.78, 5) is 22.4. The average molecular weight is 127 g/mol. The third-order valence-corrected chi connectivity index (χ3v) is 1.08. The summed E-state index contributed by atoms with van der Waals surface area (Å²) in [6.45, 7) is 0. The third-order valence-electron chi connectivity index (χ3n) is 1.08. The summed E-state index contributed by atoms with van der Waals surface area (Å²) in [5.74, 6) is -0.238. The summed E-state index contributed by atoms with van der Waals surface area (Å²) in [7, 11) is 1.60. The van der Waals surface area contributed by atoms with Crippen LogP contribution in [-0.2, 0) is 4.79 Å². The Hall–Kier alpha value is -1.16. The number of nitrogens with two attached hydrogens (primary N) is 1. The molecule has 0 unspecified atom stereocenters. The molecule has 0 saturated heterocycles. The normalized spacial score (nSPS) is 19.0. The van der Waals surface area contributed by atoms with Crippen LogP contribution in [0.1, 0.15) is 0 Å². The minimum Gasteiger partial charge on any atom is -0.271 e. The van der Waals surface area contributed by atoms with E-state index in [2.05, 4.69) is 0 Å². The van der Waals surface area contributed by atoms with Gasteiger partial charge in [0.25, 0.3) is 0 Å². The number of carbonyl (C=O) groups is 2. The lowest BCUT2D eigenvalue weighted by Gasteiger charge is -2.09. The maximum absolute atomic E-state index is 10.6. The molecule has 1 aliphatic heterocycles. The van der Waals surface area contributed by atoms with Crippen LogP contribution in [0.4, 0.5) is 4.79 Å². The predicted molar refractivity (Wildman–Crippen MR) is 29.2 cm³/mol. The molecule has 2 N–H and O–H groups in total. The van der Waals surface area contributed by atoms with Crippen molar-refractivity contribution in [3.8, 4) is 0 Å². The molecule has 0 saturated carbocycles. The molecule has 0 radical (unpaired) electrons. The largest absolute Gasteiger partial charge is 0.427 e. The number of quaternary nitrogens is 1. The van der Waals surface area contributed by atoms with E-state index in [1.54, 1.807) is 7.05 Å². The molecule has 0 atom stereocenters. The van der Waals surface area contributed by atoms with Crippen LogP contribution in [0.25, 0.3) is 0 Å². The van der Waals surface area contributed by atoms with E-state index in [9.17, 15) is 9.59 Å². The van der Waals surface area contributed by atoms with Gasteiger partial charge in [-0.1, -0.05) is 0 Å². The molecule has 0 aromatic heterocycles. The van der Waals surface area contributed by atoms with Crippen molar-refractivity contribution in [2.75, 3.05) is 7.05 Å². The number of urea groups is 1. The number of carbonyl (C=O) groups excluding carboxylic acids is 2. The van der Waals surface area contributed by atoms with Crippen molar-refractivity contribution in [3.63, 3.8) is 0 Å². The van der Waals surface area contributed by atoms with Crippen LogP contribution in [0, 0.1) is 0 Å². The molecule has 4 heteroatoms. The Morgan fingerprint density at radius 3 is 2.67 bits per heavy atom. The number of nitrogens with zero attached hydrogens (tertiary/aromatic N) is 1. The van der Waals surface area contributed by atoms with Crippen molar-refractivity contribution < 1.29 is 14.9 Å². The summed E-state index contributed by atoms with van der Waals surface area (Å²) in [6.07, 6.45) is 2.80. The van der Waals surface area contributed by atoms with E-state index in [1.165, 1.54) is 17.2 Å². The Kier molecular flexibility index (Phi) is 1.32. The van der Waals surface area contributed by atoms with Gasteiger partial charge in [-0.15, -0.1) is 0 Å². The van der Waals surface area contributed by atoms with Gasteiger partial charge < -0.3 is 0 Å². The van der Waals surface area contributed by atoms with E-state index in [1.807, 2.05) is 0 Å². The zero-order chi connectivity index (χ0) is 6.85. The van der Waals surface area contributed by atoms with Crippen molar-refractivity contribution >= 4 is 11.9 Å². The Bertz CT molecular complexity index is 185. The lowest BCUT2D eigenvalue weighted by atomic mass is 10.5. The zero-order valence-corrected chi connectivity index (χ0v) is 5.00. The molecule has 4 nitrogen and oxygen atoms in total. The fraction of sp³-hybridized carbons (Fsp3) is 0.200. The molecular formula is C5H7N2O2+. The third kappa shape index (κ3) is 1.14. The highest BCUT2D eigenvalue weighted by Crippen LogP contribution is 1.84. The van der Waals surface area contributed by atoms with Crippen LogP contribution in [0.15, 0.2) is 12.3 Å². The molecule has 0 aliphatic carbocycles. The highest BCUT2D eigenvalue weighted by molar-refractivity contribution is 5.88.